The second-order valence-corrected chi connectivity index (χ2v) is 3.93. The predicted molar refractivity (Wildman–Crippen MR) is 68.5 cm³/mol. The summed E-state index contributed by atoms with van der Waals surface area (Å²) < 4.78 is 0. The Balaban J connectivity index is 0.000000531. The lowest BCUT2D eigenvalue weighted by molar-refractivity contribution is 0.867. The number of hydrogen-bond acceptors (Lipinski definition) is 0. The van der Waals surface area contributed by atoms with E-state index in [0.29, 0.717) is 5.92 Å². The summed E-state index contributed by atoms with van der Waals surface area (Å²) in [7, 11) is 0. The third kappa shape index (κ3) is 2.41. The Kier molecular flexibility index (Phi) is 3.96. The van der Waals surface area contributed by atoms with E-state index in [2.05, 4.69) is 44.0 Å². The Morgan fingerprint density at radius 3 is 2.40 bits per heavy atom. The van der Waals surface area contributed by atoms with Gasteiger partial charge in [0.05, 0.1) is 0 Å². The highest BCUT2D eigenvalue weighted by molar-refractivity contribution is 5.83. The van der Waals surface area contributed by atoms with Crippen LogP contribution in [0.15, 0.2) is 24.4 Å². The minimum absolute atomic E-state index is 0.603. The second kappa shape index (κ2) is 5.01. The molecule has 0 saturated heterocycles. The van der Waals surface area contributed by atoms with Gasteiger partial charge in [-0.15, -0.1) is 0 Å². The molecule has 0 aliphatic heterocycles. The lowest BCUT2D eigenvalue weighted by atomic mass is 9.99. The van der Waals surface area contributed by atoms with Crippen molar-refractivity contribution in [1.29, 1.82) is 0 Å². The van der Waals surface area contributed by atoms with Crippen molar-refractivity contribution in [3.05, 3.63) is 35.5 Å². The molecular formula is C14H21N. The zero-order valence-electron chi connectivity index (χ0n) is 10.4. The highest BCUT2D eigenvalue weighted by Gasteiger charge is 2.03. The Morgan fingerprint density at radius 1 is 1.13 bits per heavy atom. The van der Waals surface area contributed by atoms with Crippen LogP contribution in [0, 0.1) is 6.92 Å². The smallest absolute Gasteiger partial charge is 0.0459 e. The van der Waals surface area contributed by atoms with Crippen LogP contribution >= 0.6 is 0 Å². The number of aromatic amines is 1. The first-order chi connectivity index (χ1) is 7.18. The average Bonchev–Trinajstić information content (AvgIpc) is 2.69. The Bertz CT molecular complexity index is 424. The number of aromatic nitrogens is 1. The normalized spacial score (nSPS) is 10.3. The van der Waals surface area contributed by atoms with Crippen LogP contribution in [0.25, 0.3) is 10.9 Å². The maximum atomic E-state index is 3.26. The van der Waals surface area contributed by atoms with E-state index in [1.54, 1.807) is 0 Å². The molecule has 0 aliphatic rings. The number of fused-ring (bicyclic) bond motifs is 1. The van der Waals surface area contributed by atoms with E-state index in [1.807, 2.05) is 20.0 Å². The van der Waals surface area contributed by atoms with E-state index in [9.17, 15) is 0 Å². The van der Waals surface area contributed by atoms with Crippen molar-refractivity contribution in [2.24, 2.45) is 0 Å². The molecule has 0 saturated carbocycles. The van der Waals surface area contributed by atoms with Gasteiger partial charge in [0.25, 0.3) is 0 Å². The van der Waals surface area contributed by atoms with Gasteiger partial charge in [0.1, 0.15) is 0 Å². The largest absolute Gasteiger partial charge is 0.361 e. The molecular weight excluding hydrogens is 182 g/mol. The number of hydrogen-bond donors (Lipinski definition) is 1. The van der Waals surface area contributed by atoms with E-state index < -0.39 is 0 Å². The third-order valence-electron chi connectivity index (χ3n) is 2.56. The second-order valence-electron chi connectivity index (χ2n) is 3.93. The summed E-state index contributed by atoms with van der Waals surface area (Å²) in [4.78, 5) is 3.26. The monoisotopic (exact) mass is 203 g/mol. The molecule has 0 spiro atoms. The molecule has 1 heterocycles. The molecule has 1 aromatic heterocycles. The minimum Gasteiger partial charge on any atom is -0.361 e. The fraction of sp³-hybridized carbons (Fsp3) is 0.429. The predicted octanol–water partition coefficient (Wildman–Crippen LogP) is 4.63. The molecule has 2 rings (SSSR count). The number of rotatable bonds is 1. The van der Waals surface area contributed by atoms with Crippen molar-refractivity contribution in [2.45, 2.75) is 40.5 Å². The molecule has 15 heavy (non-hydrogen) atoms. The summed E-state index contributed by atoms with van der Waals surface area (Å²) in [6.07, 6.45) is 2.00. The molecule has 82 valence electrons. The molecule has 1 N–H and O–H groups in total. The fourth-order valence-electron chi connectivity index (χ4n) is 1.72. The van der Waals surface area contributed by atoms with Crippen LogP contribution in [0.5, 0.6) is 0 Å². The zero-order valence-corrected chi connectivity index (χ0v) is 10.4. The van der Waals surface area contributed by atoms with Crippen LogP contribution < -0.4 is 0 Å². The summed E-state index contributed by atoms with van der Waals surface area (Å²) in [6, 6.07) is 6.66. The molecule has 0 atom stereocenters. The SMILES string of the molecule is CC.Cc1cc(C(C)C)cc2[nH]ccc12. The first-order valence-corrected chi connectivity index (χ1v) is 5.76. The minimum atomic E-state index is 0.603. The van der Waals surface area contributed by atoms with Gasteiger partial charge in [0, 0.05) is 17.1 Å². The van der Waals surface area contributed by atoms with E-state index in [4.69, 9.17) is 0 Å². The van der Waals surface area contributed by atoms with Crippen LogP contribution in [0.2, 0.25) is 0 Å². The number of nitrogens with one attached hydrogen (secondary N) is 1. The first-order valence-electron chi connectivity index (χ1n) is 5.76. The van der Waals surface area contributed by atoms with Crippen molar-refractivity contribution >= 4 is 10.9 Å². The van der Waals surface area contributed by atoms with Crippen molar-refractivity contribution in [2.75, 3.05) is 0 Å². The summed E-state index contributed by atoms with van der Waals surface area (Å²) in [6.45, 7) is 10.6. The molecule has 0 aliphatic carbocycles. The maximum Gasteiger partial charge on any atom is 0.0459 e. The van der Waals surface area contributed by atoms with Gasteiger partial charge < -0.3 is 4.98 Å². The van der Waals surface area contributed by atoms with E-state index in [0.717, 1.165) is 0 Å². The molecule has 2 aromatic rings. The topological polar surface area (TPSA) is 15.8 Å². The Hall–Kier alpha value is -1.24. The average molecular weight is 203 g/mol. The molecule has 0 amide bonds. The number of H-pyrrole nitrogens is 1. The Morgan fingerprint density at radius 2 is 1.80 bits per heavy atom. The summed E-state index contributed by atoms with van der Waals surface area (Å²) in [5.74, 6) is 0.603. The van der Waals surface area contributed by atoms with Crippen molar-refractivity contribution in [1.82, 2.24) is 4.98 Å². The van der Waals surface area contributed by atoms with Gasteiger partial charge in [-0.25, -0.2) is 0 Å². The third-order valence-corrected chi connectivity index (χ3v) is 2.56. The number of aryl methyl sites for hydroxylation is 1. The lowest BCUT2D eigenvalue weighted by Crippen LogP contribution is -1.88. The quantitative estimate of drug-likeness (QED) is 0.695. The van der Waals surface area contributed by atoms with Gasteiger partial charge in [-0.05, 0) is 36.1 Å². The van der Waals surface area contributed by atoms with Crippen LogP contribution in [0.4, 0.5) is 0 Å². The van der Waals surface area contributed by atoms with Crippen LogP contribution in [0.3, 0.4) is 0 Å². The molecule has 0 radical (unpaired) electrons. The fourth-order valence-corrected chi connectivity index (χ4v) is 1.72. The zero-order chi connectivity index (χ0) is 11.4. The molecule has 1 heteroatoms. The number of benzene rings is 1. The van der Waals surface area contributed by atoms with Gasteiger partial charge in [0.2, 0.25) is 0 Å². The van der Waals surface area contributed by atoms with Gasteiger partial charge in [-0.3, -0.25) is 0 Å². The van der Waals surface area contributed by atoms with Crippen LogP contribution in [-0.2, 0) is 0 Å². The van der Waals surface area contributed by atoms with Gasteiger partial charge in [0.15, 0.2) is 0 Å². The first kappa shape index (κ1) is 11.8. The highest BCUT2D eigenvalue weighted by atomic mass is 14.7. The maximum absolute atomic E-state index is 3.26. The Labute approximate surface area is 92.5 Å². The molecule has 0 fully saturated rings. The van der Waals surface area contributed by atoms with Crippen molar-refractivity contribution < 1.29 is 0 Å². The van der Waals surface area contributed by atoms with Crippen molar-refractivity contribution in [3.8, 4) is 0 Å². The van der Waals surface area contributed by atoms with Gasteiger partial charge >= 0.3 is 0 Å². The lowest BCUT2D eigenvalue weighted by Gasteiger charge is -2.07. The summed E-state index contributed by atoms with van der Waals surface area (Å²) in [5.41, 5.74) is 4.03. The molecule has 0 bridgehead atoms. The molecule has 0 unspecified atom stereocenters. The van der Waals surface area contributed by atoms with Gasteiger partial charge in [-0.1, -0.05) is 33.8 Å². The molecule has 1 nitrogen and oxygen atoms in total. The standard InChI is InChI=1S/C12H15N.C2H6/c1-8(2)10-6-9(3)11-4-5-13-12(11)7-10;1-2/h4-8,13H,1-3H3;1-2H3. The van der Waals surface area contributed by atoms with Crippen molar-refractivity contribution in [3.63, 3.8) is 0 Å². The summed E-state index contributed by atoms with van der Waals surface area (Å²) >= 11 is 0. The van der Waals surface area contributed by atoms with E-state index >= 15 is 0 Å². The summed E-state index contributed by atoms with van der Waals surface area (Å²) in [5, 5.41) is 1.34. The highest BCUT2D eigenvalue weighted by Crippen LogP contribution is 2.23. The van der Waals surface area contributed by atoms with Crippen LogP contribution in [-0.4, -0.2) is 4.98 Å². The van der Waals surface area contributed by atoms with E-state index in [-0.39, 0.29) is 0 Å². The van der Waals surface area contributed by atoms with Crippen LogP contribution in [0.1, 0.15) is 44.7 Å². The molecule has 1 aromatic carbocycles. The van der Waals surface area contributed by atoms with E-state index in [1.165, 1.54) is 22.0 Å². The van der Waals surface area contributed by atoms with Gasteiger partial charge in [-0.2, -0.15) is 0 Å².